The smallest absolute Gasteiger partial charge is 0.407 e. The lowest BCUT2D eigenvalue weighted by Crippen LogP contribution is -2.61. The lowest BCUT2D eigenvalue weighted by Gasteiger charge is -2.44. The Balaban J connectivity index is 1.72. The number of rotatable bonds is 2. The molecule has 2 aromatic carbocycles. The highest BCUT2D eigenvalue weighted by atomic mass is 35.5. The first-order chi connectivity index (χ1) is 15.8. The highest BCUT2D eigenvalue weighted by Crippen LogP contribution is 2.45. The minimum atomic E-state index is -1.12. The highest BCUT2D eigenvalue weighted by molar-refractivity contribution is 6.34. The van der Waals surface area contributed by atoms with Crippen molar-refractivity contribution in [2.45, 2.75) is 6.04 Å². The molecule has 0 aliphatic carbocycles. The topological polar surface area (TPSA) is 95.0 Å². The number of nitrogens with one attached hydrogen (secondary N) is 1. The van der Waals surface area contributed by atoms with Crippen LogP contribution in [0.3, 0.4) is 0 Å². The Hall–Kier alpha value is -3.66. The van der Waals surface area contributed by atoms with E-state index in [0.717, 1.165) is 4.90 Å². The molecule has 1 saturated heterocycles. The molecule has 11 heteroatoms. The van der Waals surface area contributed by atoms with Crippen LogP contribution >= 0.6 is 11.6 Å². The maximum atomic E-state index is 15.8. The maximum absolute atomic E-state index is 15.8. The van der Waals surface area contributed by atoms with Gasteiger partial charge in [0.15, 0.2) is 5.82 Å². The third-order valence-electron chi connectivity index (χ3n) is 5.97. The summed E-state index contributed by atoms with van der Waals surface area (Å²) in [4.78, 5) is 31.1. The predicted molar refractivity (Wildman–Crippen MR) is 118 cm³/mol. The van der Waals surface area contributed by atoms with Crippen LogP contribution in [0.1, 0.15) is 0 Å². The summed E-state index contributed by atoms with van der Waals surface area (Å²) >= 11 is 6.47. The van der Waals surface area contributed by atoms with Gasteiger partial charge in [0.1, 0.15) is 23.1 Å². The van der Waals surface area contributed by atoms with Gasteiger partial charge in [-0.25, -0.2) is 13.6 Å². The number of hydrogen-bond donors (Lipinski definition) is 2. The van der Waals surface area contributed by atoms with Crippen molar-refractivity contribution in [2.24, 2.45) is 0 Å². The summed E-state index contributed by atoms with van der Waals surface area (Å²) in [5.41, 5.74) is 0.486. The fourth-order valence-electron chi connectivity index (χ4n) is 4.46. The number of fused-ring (bicyclic) bond motifs is 5. The molecule has 2 aliphatic heterocycles. The number of halogens is 3. The number of carboxylic acid groups (broad SMARTS) is 1. The van der Waals surface area contributed by atoms with E-state index in [4.69, 9.17) is 16.3 Å². The summed E-state index contributed by atoms with van der Waals surface area (Å²) in [6.45, 7) is 0.354. The van der Waals surface area contributed by atoms with Crippen LogP contribution in [0.25, 0.3) is 22.0 Å². The van der Waals surface area contributed by atoms with Gasteiger partial charge in [-0.1, -0.05) is 17.7 Å². The van der Waals surface area contributed by atoms with Gasteiger partial charge in [0.05, 0.1) is 41.8 Å². The number of carbonyl (C=O) groups is 2. The van der Waals surface area contributed by atoms with E-state index in [1.807, 2.05) is 0 Å². The average Bonchev–Trinajstić information content (AvgIpc) is 2.79. The molecular formula is C22H17ClF2N4O4. The number of aromatic nitrogens is 1. The lowest BCUT2D eigenvalue weighted by atomic mass is 9.98. The van der Waals surface area contributed by atoms with Gasteiger partial charge in [0.2, 0.25) is 5.91 Å². The molecule has 0 unspecified atom stereocenters. The first-order valence-corrected chi connectivity index (χ1v) is 10.4. The Labute approximate surface area is 191 Å². The van der Waals surface area contributed by atoms with Gasteiger partial charge in [0.25, 0.3) is 0 Å². The Morgan fingerprint density at radius 3 is 2.82 bits per heavy atom. The van der Waals surface area contributed by atoms with E-state index in [1.54, 1.807) is 4.90 Å². The van der Waals surface area contributed by atoms with Gasteiger partial charge >= 0.3 is 6.09 Å². The normalized spacial score (nSPS) is 17.5. The molecular weight excluding hydrogens is 458 g/mol. The Morgan fingerprint density at radius 1 is 1.30 bits per heavy atom. The molecule has 0 bridgehead atoms. The number of pyridine rings is 1. The Bertz CT molecular complexity index is 1340. The number of carbonyl (C=O) groups excluding carboxylic acids is 1. The van der Waals surface area contributed by atoms with E-state index >= 15 is 4.39 Å². The monoisotopic (exact) mass is 474 g/mol. The number of amides is 2. The minimum absolute atomic E-state index is 0.0366. The molecule has 1 fully saturated rings. The molecule has 3 aromatic rings. The van der Waals surface area contributed by atoms with Crippen LogP contribution < -0.4 is 15.0 Å². The molecule has 0 spiro atoms. The summed E-state index contributed by atoms with van der Waals surface area (Å²) in [6.07, 6.45) is 0.208. The lowest BCUT2D eigenvalue weighted by molar-refractivity contribution is -0.118. The second kappa shape index (κ2) is 7.73. The van der Waals surface area contributed by atoms with Crippen LogP contribution in [-0.4, -0.2) is 59.8 Å². The van der Waals surface area contributed by atoms with Crippen molar-refractivity contribution in [2.75, 3.05) is 37.0 Å². The molecule has 2 N–H and O–H groups in total. The molecule has 33 heavy (non-hydrogen) atoms. The fraction of sp³-hybridized carbons (Fsp3) is 0.227. The van der Waals surface area contributed by atoms with E-state index in [0.29, 0.717) is 16.8 Å². The summed E-state index contributed by atoms with van der Waals surface area (Å²) in [5.74, 6) is -1.80. The second-order valence-electron chi connectivity index (χ2n) is 7.71. The van der Waals surface area contributed by atoms with Crippen LogP contribution in [0.15, 0.2) is 30.5 Å². The molecule has 0 radical (unpaired) electrons. The third kappa shape index (κ3) is 3.20. The van der Waals surface area contributed by atoms with Gasteiger partial charge in [-0.3, -0.25) is 9.78 Å². The predicted octanol–water partition coefficient (Wildman–Crippen LogP) is 3.96. The SMILES string of the molecule is COc1cccc(F)c1-c1c(Cl)cc2c3c(cnc2c1F)NC(=O)[C@H]1CN(C(=O)O)CCN31. The van der Waals surface area contributed by atoms with Crippen LogP contribution in [-0.2, 0) is 4.79 Å². The fourth-order valence-corrected chi connectivity index (χ4v) is 4.75. The highest BCUT2D eigenvalue weighted by Gasteiger charge is 2.40. The number of hydrogen-bond acceptors (Lipinski definition) is 5. The molecule has 170 valence electrons. The Morgan fingerprint density at radius 2 is 2.09 bits per heavy atom. The molecule has 5 rings (SSSR count). The van der Waals surface area contributed by atoms with E-state index in [-0.39, 0.29) is 53.0 Å². The van der Waals surface area contributed by atoms with Gasteiger partial charge in [-0.15, -0.1) is 0 Å². The molecule has 1 atom stereocenters. The minimum Gasteiger partial charge on any atom is -0.496 e. The summed E-state index contributed by atoms with van der Waals surface area (Å²) in [6, 6.07) is 4.81. The average molecular weight is 475 g/mol. The maximum Gasteiger partial charge on any atom is 0.407 e. The number of benzene rings is 2. The second-order valence-corrected chi connectivity index (χ2v) is 8.12. The molecule has 2 amide bonds. The van der Waals surface area contributed by atoms with Crippen molar-refractivity contribution in [1.82, 2.24) is 9.88 Å². The van der Waals surface area contributed by atoms with E-state index in [1.165, 1.54) is 37.6 Å². The van der Waals surface area contributed by atoms with Crippen molar-refractivity contribution in [3.63, 3.8) is 0 Å². The van der Waals surface area contributed by atoms with E-state index in [2.05, 4.69) is 10.3 Å². The summed E-state index contributed by atoms with van der Waals surface area (Å²) in [5, 5.41) is 12.3. The van der Waals surface area contributed by atoms with Gasteiger partial charge in [0, 0.05) is 24.0 Å². The van der Waals surface area contributed by atoms with Crippen LogP contribution in [0, 0.1) is 11.6 Å². The third-order valence-corrected chi connectivity index (χ3v) is 6.27. The zero-order chi connectivity index (χ0) is 23.4. The van der Waals surface area contributed by atoms with Gasteiger partial charge < -0.3 is 25.0 Å². The molecule has 1 aromatic heterocycles. The largest absolute Gasteiger partial charge is 0.496 e. The first-order valence-electron chi connectivity index (χ1n) is 10.0. The van der Waals surface area contributed by atoms with Crippen molar-refractivity contribution in [1.29, 1.82) is 0 Å². The van der Waals surface area contributed by atoms with Crippen molar-refractivity contribution >= 4 is 45.9 Å². The van der Waals surface area contributed by atoms with Crippen molar-refractivity contribution in [3.05, 3.63) is 47.1 Å². The summed E-state index contributed by atoms with van der Waals surface area (Å²) in [7, 11) is 1.35. The number of nitrogens with zero attached hydrogens (tertiary/aromatic N) is 3. The molecule has 8 nitrogen and oxygen atoms in total. The summed E-state index contributed by atoms with van der Waals surface area (Å²) < 4.78 is 35.7. The van der Waals surface area contributed by atoms with Gasteiger partial charge in [-0.2, -0.15) is 0 Å². The van der Waals surface area contributed by atoms with Crippen molar-refractivity contribution < 1.29 is 28.2 Å². The quantitative estimate of drug-likeness (QED) is 0.584. The van der Waals surface area contributed by atoms with E-state index in [9.17, 15) is 19.1 Å². The zero-order valence-corrected chi connectivity index (χ0v) is 18.0. The number of ether oxygens (including phenoxy) is 1. The number of anilines is 2. The number of piperazine rings is 1. The number of methoxy groups -OCH3 is 1. The first kappa shape index (κ1) is 21.2. The zero-order valence-electron chi connectivity index (χ0n) is 17.2. The van der Waals surface area contributed by atoms with Crippen molar-refractivity contribution in [3.8, 4) is 16.9 Å². The Kier molecular flexibility index (Phi) is 4.97. The van der Waals surface area contributed by atoms with Crippen LogP contribution in [0.5, 0.6) is 5.75 Å². The van der Waals surface area contributed by atoms with Crippen LogP contribution in [0.2, 0.25) is 5.02 Å². The molecule has 3 heterocycles. The van der Waals surface area contributed by atoms with Gasteiger partial charge in [-0.05, 0) is 18.2 Å². The van der Waals surface area contributed by atoms with Crippen LogP contribution in [0.4, 0.5) is 25.0 Å². The molecule has 0 saturated carbocycles. The standard InChI is InChI=1S/C22H17ClF2N4O4/c1-33-15-4-2-3-12(24)17(15)16-11(23)7-10-19(18(16)25)26-8-13-20(10)29-6-5-28(22(31)32)9-14(29)21(30)27-13/h2-4,7-8,14H,5-6,9H2,1H3,(H,27,30)(H,31,32)/t14-/m1/s1. The molecule has 2 aliphatic rings. The van der Waals surface area contributed by atoms with E-state index < -0.39 is 23.8 Å².